The molecule has 1 N–H and O–H groups in total. The predicted molar refractivity (Wildman–Crippen MR) is 87.9 cm³/mol. The molecule has 0 aromatic carbocycles. The summed E-state index contributed by atoms with van der Waals surface area (Å²) in [5.41, 5.74) is 1.35. The minimum Gasteiger partial charge on any atom is -0.343 e. The quantitative estimate of drug-likeness (QED) is 0.842. The smallest absolute Gasteiger partial charge is 0.186 e. The fourth-order valence-electron chi connectivity index (χ4n) is 2.35. The predicted octanol–water partition coefficient (Wildman–Crippen LogP) is 3.83. The third kappa shape index (κ3) is 3.05. The molecular weight excluding hydrogens is 286 g/mol. The average molecular weight is 307 g/mol. The number of rotatable bonds is 7. The summed E-state index contributed by atoms with van der Waals surface area (Å²) >= 11 is 3.69. The van der Waals surface area contributed by atoms with Crippen LogP contribution in [0.5, 0.6) is 0 Å². The number of thiophene rings is 1. The number of hydrogen-bond donors (Lipinski definition) is 1. The van der Waals surface area contributed by atoms with E-state index in [1.807, 2.05) is 29.7 Å². The van der Waals surface area contributed by atoms with E-state index in [9.17, 15) is 0 Å². The number of thiazole rings is 1. The van der Waals surface area contributed by atoms with Gasteiger partial charge in [-0.15, -0.1) is 22.7 Å². The van der Waals surface area contributed by atoms with Crippen LogP contribution in [0.25, 0.3) is 0 Å². The molecule has 0 saturated heterocycles. The van der Waals surface area contributed by atoms with Gasteiger partial charge in [0.1, 0.15) is 0 Å². The van der Waals surface area contributed by atoms with Crippen LogP contribution in [0.4, 0.5) is 5.13 Å². The summed E-state index contributed by atoms with van der Waals surface area (Å²) in [4.78, 5) is 10.2. The van der Waals surface area contributed by atoms with Crippen LogP contribution >= 0.6 is 22.7 Å². The van der Waals surface area contributed by atoms with Crippen LogP contribution in [-0.2, 0) is 13.1 Å². The lowest BCUT2D eigenvalue weighted by Gasteiger charge is -2.18. The zero-order valence-electron chi connectivity index (χ0n) is 12.1. The lowest BCUT2D eigenvalue weighted by molar-refractivity contribution is 0.807. The number of nitrogens with one attached hydrogen (secondary N) is 1. The topological polar surface area (TPSA) is 28.2 Å². The maximum absolute atomic E-state index is 4.95. The van der Waals surface area contributed by atoms with Gasteiger partial charge in [0.15, 0.2) is 5.13 Å². The van der Waals surface area contributed by atoms with E-state index in [1.165, 1.54) is 33.4 Å². The second kappa shape index (κ2) is 6.24. The maximum Gasteiger partial charge on any atom is 0.186 e. The van der Waals surface area contributed by atoms with Crippen molar-refractivity contribution in [2.24, 2.45) is 0 Å². The fourth-order valence-corrected chi connectivity index (χ4v) is 4.29. The lowest BCUT2D eigenvalue weighted by atomic mass is 10.2. The number of nitrogens with zero attached hydrogens (tertiary/aromatic N) is 2. The molecule has 0 aliphatic heterocycles. The highest BCUT2D eigenvalue weighted by molar-refractivity contribution is 7.15. The highest BCUT2D eigenvalue weighted by Crippen LogP contribution is 2.44. The molecule has 20 heavy (non-hydrogen) atoms. The molecule has 0 radical (unpaired) electrons. The van der Waals surface area contributed by atoms with Gasteiger partial charge in [0, 0.05) is 28.8 Å². The van der Waals surface area contributed by atoms with Crippen molar-refractivity contribution in [3.63, 3.8) is 0 Å². The summed E-state index contributed by atoms with van der Waals surface area (Å²) in [6.45, 7) is 5.14. The van der Waals surface area contributed by atoms with Gasteiger partial charge in [0.05, 0.1) is 12.2 Å². The molecule has 0 unspecified atom stereocenters. The monoisotopic (exact) mass is 307 g/mol. The molecular formula is C15H21N3S2. The van der Waals surface area contributed by atoms with Gasteiger partial charge in [-0.25, -0.2) is 4.98 Å². The van der Waals surface area contributed by atoms with E-state index in [0.717, 1.165) is 25.6 Å². The average Bonchev–Trinajstić information content (AvgIpc) is 3.00. The third-order valence-electron chi connectivity index (χ3n) is 3.60. The summed E-state index contributed by atoms with van der Waals surface area (Å²) in [7, 11) is 2.01. The summed E-state index contributed by atoms with van der Waals surface area (Å²) in [6, 6.07) is 4.33. The zero-order chi connectivity index (χ0) is 13.9. The van der Waals surface area contributed by atoms with Crippen LogP contribution in [0, 0.1) is 0 Å². The van der Waals surface area contributed by atoms with Gasteiger partial charge in [-0.1, -0.05) is 6.07 Å². The van der Waals surface area contributed by atoms with Crippen molar-refractivity contribution >= 4 is 27.8 Å². The highest BCUT2D eigenvalue weighted by atomic mass is 32.1. The first-order valence-electron chi connectivity index (χ1n) is 7.23. The molecule has 1 saturated carbocycles. The van der Waals surface area contributed by atoms with Crippen molar-refractivity contribution < 1.29 is 0 Å². The molecule has 1 aliphatic rings. The van der Waals surface area contributed by atoms with E-state index < -0.39 is 0 Å². The van der Waals surface area contributed by atoms with Gasteiger partial charge in [0.2, 0.25) is 0 Å². The van der Waals surface area contributed by atoms with Crippen molar-refractivity contribution in [2.45, 2.75) is 38.8 Å². The lowest BCUT2D eigenvalue weighted by Crippen LogP contribution is -2.21. The minimum absolute atomic E-state index is 0.726. The van der Waals surface area contributed by atoms with E-state index >= 15 is 0 Å². The number of hydrogen-bond acceptors (Lipinski definition) is 5. The largest absolute Gasteiger partial charge is 0.343 e. The van der Waals surface area contributed by atoms with E-state index in [0.29, 0.717) is 0 Å². The maximum atomic E-state index is 4.95. The van der Waals surface area contributed by atoms with Crippen molar-refractivity contribution in [1.29, 1.82) is 0 Å². The SMILES string of the molecule is CCN(Cc1cccs1)c1nc(C2CC2)c(CNC)s1. The Hall–Kier alpha value is -0.910. The first kappa shape index (κ1) is 14.0. The molecule has 2 heterocycles. The number of aromatic nitrogens is 1. The molecule has 108 valence electrons. The Morgan fingerprint density at radius 2 is 2.30 bits per heavy atom. The standard InChI is InChI=1S/C15H21N3S2/c1-3-18(10-12-5-4-8-19-12)15-17-14(11-6-7-11)13(20-15)9-16-2/h4-5,8,11,16H,3,6-7,9-10H2,1-2H3. The molecule has 1 fully saturated rings. The van der Waals surface area contributed by atoms with Crippen molar-refractivity contribution in [2.75, 3.05) is 18.5 Å². The van der Waals surface area contributed by atoms with Crippen molar-refractivity contribution in [3.8, 4) is 0 Å². The summed E-state index contributed by atoms with van der Waals surface area (Å²) in [6.07, 6.45) is 2.63. The molecule has 0 amide bonds. The van der Waals surface area contributed by atoms with Gasteiger partial charge >= 0.3 is 0 Å². The molecule has 0 atom stereocenters. The fraction of sp³-hybridized carbons (Fsp3) is 0.533. The van der Waals surface area contributed by atoms with Gasteiger partial charge in [-0.3, -0.25) is 0 Å². The second-order valence-electron chi connectivity index (χ2n) is 5.20. The molecule has 5 heteroatoms. The molecule has 2 aromatic rings. The minimum atomic E-state index is 0.726. The molecule has 0 bridgehead atoms. The Bertz CT molecular complexity index is 543. The Balaban J connectivity index is 1.81. The molecule has 2 aromatic heterocycles. The first-order valence-corrected chi connectivity index (χ1v) is 8.93. The van der Waals surface area contributed by atoms with Gasteiger partial charge in [-0.05, 0) is 38.3 Å². The van der Waals surface area contributed by atoms with Crippen molar-refractivity contribution in [1.82, 2.24) is 10.3 Å². The van der Waals surface area contributed by atoms with Crippen molar-refractivity contribution in [3.05, 3.63) is 33.0 Å². The molecule has 3 nitrogen and oxygen atoms in total. The number of anilines is 1. The van der Waals surface area contributed by atoms with Crippen LogP contribution in [-0.4, -0.2) is 18.6 Å². The summed E-state index contributed by atoms with van der Waals surface area (Å²) < 4.78 is 0. The molecule has 1 aliphatic carbocycles. The van der Waals surface area contributed by atoms with Crippen LogP contribution < -0.4 is 10.2 Å². The van der Waals surface area contributed by atoms with E-state index in [2.05, 4.69) is 34.7 Å². The van der Waals surface area contributed by atoms with E-state index in [-0.39, 0.29) is 0 Å². The Kier molecular flexibility index (Phi) is 4.38. The van der Waals surface area contributed by atoms with Gasteiger partial charge in [0.25, 0.3) is 0 Å². The summed E-state index contributed by atoms with van der Waals surface area (Å²) in [5.74, 6) is 0.726. The highest BCUT2D eigenvalue weighted by Gasteiger charge is 2.30. The molecule has 3 rings (SSSR count). The Morgan fingerprint density at radius 3 is 2.90 bits per heavy atom. The normalized spacial score (nSPS) is 14.7. The van der Waals surface area contributed by atoms with Crippen LogP contribution in [0.15, 0.2) is 17.5 Å². The Morgan fingerprint density at radius 1 is 1.45 bits per heavy atom. The zero-order valence-corrected chi connectivity index (χ0v) is 13.7. The van der Waals surface area contributed by atoms with E-state index in [1.54, 1.807) is 0 Å². The third-order valence-corrected chi connectivity index (χ3v) is 5.59. The van der Waals surface area contributed by atoms with Gasteiger partial charge in [-0.2, -0.15) is 0 Å². The van der Waals surface area contributed by atoms with Crippen LogP contribution in [0.2, 0.25) is 0 Å². The Labute approximate surface area is 128 Å². The second-order valence-corrected chi connectivity index (χ2v) is 7.30. The van der Waals surface area contributed by atoms with Crippen LogP contribution in [0.3, 0.4) is 0 Å². The van der Waals surface area contributed by atoms with Crippen LogP contribution in [0.1, 0.15) is 41.1 Å². The first-order chi connectivity index (χ1) is 9.81. The van der Waals surface area contributed by atoms with Gasteiger partial charge < -0.3 is 10.2 Å². The summed E-state index contributed by atoms with van der Waals surface area (Å²) in [5, 5.41) is 6.61. The van der Waals surface area contributed by atoms with E-state index in [4.69, 9.17) is 4.98 Å². The molecule has 0 spiro atoms.